The van der Waals surface area contributed by atoms with Gasteiger partial charge in [0.2, 0.25) is 0 Å². The Morgan fingerprint density at radius 1 is 1.26 bits per heavy atom. The molecule has 2 saturated heterocycles. The number of nitrogens with zero attached hydrogens (tertiary/aromatic N) is 3. The smallest absolute Gasteiger partial charge is 0.261 e. The largest absolute Gasteiger partial charge is 0.496 e. The van der Waals surface area contributed by atoms with Crippen LogP contribution in [0.2, 0.25) is 5.02 Å². The van der Waals surface area contributed by atoms with Gasteiger partial charge in [0.05, 0.1) is 23.4 Å². The summed E-state index contributed by atoms with van der Waals surface area (Å²) >= 11 is 6.13. The number of aryl methyl sites for hydroxylation is 1. The minimum Gasteiger partial charge on any atom is -0.496 e. The predicted molar refractivity (Wildman–Crippen MR) is 106 cm³/mol. The maximum Gasteiger partial charge on any atom is 0.261 e. The number of fused-ring (bicyclic) bond motifs is 1. The van der Waals surface area contributed by atoms with E-state index < -0.39 is 0 Å². The number of halogens is 1. The maximum atomic E-state index is 6.13. The summed E-state index contributed by atoms with van der Waals surface area (Å²) in [5.74, 6) is 1.72. The normalized spacial score (nSPS) is 18.7. The first-order chi connectivity index (χ1) is 13.1. The zero-order valence-corrected chi connectivity index (χ0v) is 16.6. The summed E-state index contributed by atoms with van der Waals surface area (Å²) in [5, 5.41) is 4.57. The van der Waals surface area contributed by atoms with Gasteiger partial charge in [-0.3, -0.25) is 4.90 Å². The van der Waals surface area contributed by atoms with Crippen LogP contribution < -0.4 is 10.5 Å². The molecule has 1 aromatic carbocycles. The molecule has 0 radical (unpaired) electrons. The second kappa shape index (κ2) is 7.68. The molecule has 0 saturated carbocycles. The molecule has 2 fully saturated rings. The highest BCUT2D eigenvalue weighted by atomic mass is 35.5. The predicted octanol–water partition coefficient (Wildman–Crippen LogP) is 4.32. The molecule has 6 nitrogen and oxygen atoms in total. The summed E-state index contributed by atoms with van der Waals surface area (Å²) in [4.78, 5) is 7.25. The molecule has 4 rings (SSSR count). The van der Waals surface area contributed by atoms with E-state index in [0.29, 0.717) is 33.5 Å². The number of nitrogens with two attached hydrogens (primary N) is 1. The molecule has 2 aliphatic rings. The van der Waals surface area contributed by atoms with Crippen LogP contribution in [0.25, 0.3) is 11.5 Å². The van der Waals surface area contributed by atoms with Gasteiger partial charge in [0, 0.05) is 18.0 Å². The minimum absolute atomic E-state index is 0.417. The number of rotatable bonds is 7. The van der Waals surface area contributed by atoms with Crippen LogP contribution >= 0.6 is 11.6 Å². The summed E-state index contributed by atoms with van der Waals surface area (Å²) < 4.78 is 10.8. The van der Waals surface area contributed by atoms with Crippen LogP contribution in [0.4, 0.5) is 5.69 Å². The second-order valence-electron chi connectivity index (χ2n) is 7.72. The molecular formula is C20H27ClN4O2. The Balaban J connectivity index is 1.36. The fraction of sp³-hybridized carbons (Fsp3) is 0.600. The molecule has 2 aliphatic heterocycles. The Morgan fingerprint density at radius 2 is 2.04 bits per heavy atom. The van der Waals surface area contributed by atoms with E-state index in [1.165, 1.54) is 51.6 Å². The van der Waals surface area contributed by atoms with Gasteiger partial charge in [-0.2, -0.15) is 4.98 Å². The standard InChI is InChI=1S/C20H27ClN4O2/c1-26-17-13-16(22)15(21)12-14(17)19-23-18(24-27-19)6-2-3-7-20-8-4-10-25(20)11-5-9-20/h12-13H,2-11,22H2,1H3. The van der Waals surface area contributed by atoms with E-state index in [1.54, 1.807) is 19.2 Å². The molecule has 0 unspecified atom stereocenters. The maximum absolute atomic E-state index is 6.13. The van der Waals surface area contributed by atoms with Crippen LogP contribution in [0.15, 0.2) is 16.7 Å². The topological polar surface area (TPSA) is 77.4 Å². The van der Waals surface area contributed by atoms with Crippen LogP contribution in [-0.4, -0.2) is 40.8 Å². The third-order valence-corrected chi connectivity index (χ3v) is 6.45. The number of hydrogen-bond donors (Lipinski definition) is 1. The van der Waals surface area contributed by atoms with E-state index >= 15 is 0 Å². The molecule has 1 aromatic heterocycles. The number of aromatic nitrogens is 2. The van der Waals surface area contributed by atoms with Crippen molar-refractivity contribution in [2.75, 3.05) is 25.9 Å². The average Bonchev–Trinajstić information content (AvgIpc) is 3.36. The van der Waals surface area contributed by atoms with E-state index in [4.69, 9.17) is 26.6 Å². The van der Waals surface area contributed by atoms with Gasteiger partial charge >= 0.3 is 0 Å². The van der Waals surface area contributed by atoms with Crippen molar-refractivity contribution in [2.24, 2.45) is 0 Å². The first-order valence-electron chi connectivity index (χ1n) is 9.82. The molecule has 2 aromatic rings. The highest BCUT2D eigenvalue weighted by Crippen LogP contribution is 2.42. The molecule has 7 heteroatoms. The molecule has 0 aliphatic carbocycles. The van der Waals surface area contributed by atoms with Crippen LogP contribution in [0.5, 0.6) is 5.75 Å². The molecule has 146 valence electrons. The van der Waals surface area contributed by atoms with Crippen LogP contribution in [-0.2, 0) is 6.42 Å². The van der Waals surface area contributed by atoms with Gasteiger partial charge in [-0.05, 0) is 57.7 Å². The van der Waals surface area contributed by atoms with Crippen LogP contribution in [0, 0.1) is 0 Å². The SMILES string of the molecule is COc1cc(N)c(Cl)cc1-c1nc(CCCCC23CCCN2CCC3)no1. The first kappa shape index (κ1) is 18.6. The molecule has 0 bridgehead atoms. The molecule has 0 atom stereocenters. The molecular weight excluding hydrogens is 364 g/mol. The molecule has 27 heavy (non-hydrogen) atoms. The summed E-state index contributed by atoms with van der Waals surface area (Å²) in [7, 11) is 1.58. The van der Waals surface area contributed by atoms with Gasteiger partial charge in [-0.25, -0.2) is 0 Å². The fourth-order valence-corrected chi connectivity index (χ4v) is 4.90. The lowest BCUT2D eigenvalue weighted by Crippen LogP contribution is -2.37. The Bertz CT molecular complexity index is 797. The minimum atomic E-state index is 0.417. The van der Waals surface area contributed by atoms with E-state index in [1.807, 2.05) is 0 Å². The van der Waals surface area contributed by atoms with E-state index in [0.717, 1.165) is 18.7 Å². The highest BCUT2D eigenvalue weighted by molar-refractivity contribution is 6.33. The average molecular weight is 391 g/mol. The van der Waals surface area contributed by atoms with Gasteiger partial charge in [0.25, 0.3) is 5.89 Å². The lowest BCUT2D eigenvalue weighted by molar-refractivity contribution is 0.177. The number of hydrogen-bond acceptors (Lipinski definition) is 6. The Hall–Kier alpha value is -1.79. The lowest BCUT2D eigenvalue weighted by atomic mass is 9.88. The lowest BCUT2D eigenvalue weighted by Gasteiger charge is -2.32. The summed E-state index contributed by atoms with van der Waals surface area (Å²) in [6, 6.07) is 3.39. The number of ether oxygens (including phenoxy) is 1. The third kappa shape index (κ3) is 3.65. The van der Waals surface area contributed by atoms with Gasteiger partial charge in [0.1, 0.15) is 5.75 Å². The second-order valence-corrected chi connectivity index (χ2v) is 8.12. The van der Waals surface area contributed by atoms with Crippen molar-refractivity contribution in [3.05, 3.63) is 23.0 Å². The summed E-state index contributed by atoms with van der Waals surface area (Å²) in [5.41, 5.74) is 7.46. The van der Waals surface area contributed by atoms with Crippen molar-refractivity contribution < 1.29 is 9.26 Å². The van der Waals surface area contributed by atoms with Crippen molar-refractivity contribution in [3.63, 3.8) is 0 Å². The monoisotopic (exact) mass is 390 g/mol. The third-order valence-electron chi connectivity index (χ3n) is 6.12. The Morgan fingerprint density at radius 3 is 2.78 bits per heavy atom. The summed E-state index contributed by atoms with van der Waals surface area (Å²) in [6.07, 6.45) is 9.86. The Kier molecular flexibility index (Phi) is 5.28. The van der Waals surface area contributed by atoms with E-state index in [-0.39, 0.29) is 0 Å². The molecule has 2 N–H and O–H groups in total. The van der Waals surface area contributed by atoms with Gasteiger partial charge in [-0.1, -0.05) is 23.2 Å². The number of methoxy groups -OCH3 is 1. The van der Waals surface area contributed by atoms with Crippen LogP contribution in [0.1, 0.15) is 50.8 Å². The van der Waals surface area contributed by atoms with Crippen molar-refractivity contribution >= 4 is 17.3 Å². The zero-order chi connectivity index (χ0) is 18.9. The first-order valence-corrected chi connectivity index (χ1v) is 10.2. The van der Waals surface area contributed by atoms with Crippen molar-refractivity contribution in [3.8, 4) is 17.2 Å². The summed E-state index contributed by atoms with van der Waals surface area (Å²) in [6.45, 7) is 2.58. The van der Waals surface area contributed by atoms with E-state index in [2.05, 4.69) is 15.0 Å². The zero-order valence-electron chi connectivity index (χ0n) is 15.8. The quantitative estimate of drug-likeness (QED) is 0.560. The molecule has 0 amide bonds. The van der Waals surface area contributed by atoms with Crippen molar-refractivity contribution in [2.45, 2.75) is 56.9 Å². The number of benzene rings is 1. The van der Waals surface area contributed by atoms with Crippen molar-refractivity contribution in [1.29, 1.82) is 0 Å². The highest BCUT2D eigenvalue weighted by Gasteiger charge is 2.43. The van der Waals surface area contributed by atoms with Gasteiger partial charge in [-0.15, -0.1) is 0 Å². The van der Waals surface area contributed by atoms with Gasteiger partial charge in [0.15, 0.2) is 5.82 Å². The Labute approximate surface area is 165 Å². The van der Waals surface area contributed by atoms with Gasteiger partial charge < -0.3 is 15.0 Å². The number of anilines is 1. The fourth-order valence-electron chi connectivity index (χ4n) is 4.74. The van der Waals surface area contributed by atoms with Crippen LogP contribution in [0.3, 0.4) is 0 Å². The molecule has 0 spiro atoms. The number of unbranched alkanes of at least 4 members (excludes halogenated alkanes) is 1. The van der Waals surface area contributed by atoms with E-state index in [9.17, 15) is 0 Å². The number of nitrogen functional groups attached to an aromatic ring is 1. The molecule has 3 heterocycles. The van der Waals surface area contributed by atoms with Crippen molar-refractivity contribution in [1.82, 2.24) is 15.0 Å².